The number of carbonyl (C=O) groups is 2. The number of hydrogen-bond acceptors (Lipinski definition) is 5. The van der Waals surface area contributed by atoms with Crippen LogP contribution in [0.3, 0.4) is 0 Å². The van der Waals surface area contributed by atoms with E-state index in [2.05, 4.69) is 13.8 Å². The van der Waals surface area contributed by atoms with Crippen LogP contribution in [-0.2, 0) is 25.5 Å². The van der Waals surface area contributed by atoms with Crippen LogP contribution in [0.4, 0.5) is 0 Å². The zero-order valence-corrected chi connectivity index (χ0v) is 37.4. The van der Waals surface area contributed by atoms with Crippen molar-refractivity contribution in [2.75, 3.05) is 19.8 Å². The first kappa shape index (κ1) is 52.1. The molecule has 1 unspecified atom stereocenters. The lowest BCUT2D eigenvalue weighted by molar-refractivity contribution is -0.174. The highest BCUT2D eigenvalue weighted by Crippen LogP contribution is 2.34. The first-order chi connectivity index (χ1) is 27.5. The van der Waals surface area contributed by atoms with Gasteiger partial charge in [0.2, 0.25) is 0 Å². The van der Waals surface area contributed by atoms with Gasteiger partial charge < -0.3 is 14.6 Å². The summed E-state index contributed by atoms with van der Waals surface area (Å²) in [4.78, 5) is 27.9. The summed E-state index contributed by atoms with van der Waals surface area (Å²) in [6.45, 7) is 7.19. The molecule has 0 bridgehead atoms. The van der Waals surface area contributed by atoms with E-state index < -0.39 is 17.4 Å². The van der Waals surface area contributed by atoms with Crippen molar-refractivity contribution in [2.45, 2.75) is 245 Å². The molecule has 1 atom stereocenters. The topological polar surface area (TPSA) is 72.8 Å². The van der Waals surface area contributed by atoms with Gasteiger partial charge in [-0.05, 0) is 43.6 Å². The summed E-state index contributed by atoms with van der Waals surface area (Å²) in [6, 6.07) is 9.77. The molecule has 1 aromatic rings. The first-order valence-electron chi connectivity index (χ1n) is 24.5. The zero-order chi connectivity index (χ0) is 40.6. The summed E-state index contributed by atoms with van der Waals surface area (Å²) >= 11 is 0. The molecule has 1 aromatic carbocycles. The van der Waals surface area contributed by atoms with Gasteiger partial charge in [-0.1, -0.05) is 244 Å². The van der Waals surface area contributed by atoms with Crippen LogP contribution in [0.5, 0.6) is 0 Å². The molecule has 0 radical (unpaired) electrons. The third-order valence-electron chi connectivity index (χ3n) is 12.0. The van der Waals surface area contributed by atoms with Crippen molar-refractivity contribution in [3.8, 4) is 0 Å². The van der Waals surface area contributed by atoms with Crippen molar-refractivity contribution < 1.29 is 24.2 Å². The second-order valence-electron chi connectivity index (χ2n) is 17.4. The second kappa shape index (κ2) is 38.6. The monoisotopic (exact) mass is 785 g/mol. The maximum absolute atomic E-state index is 14.0. The largest absolute Gasteiger partial charge is 0.465 e. The molecule has 0 saturated carbocycles. The van der Waals surface area contributed by atoms with Crippen LogP contribution in [0.2, 0.25) is 0 Å². The average Bonchev–Trinajstić information content (AvgIpc) is 3.21. The van der Waals surface area contributed by atoms with Gasteiger partial charge in [-0.3, -0.25) is 9.59 Å². The standard InChI is InChI=1S/C51H92O5/c1-4-6-8-10-12-14-16-18-20-22-24-26-28-30-32-37-43-55-49(53)51(42-41-47(3)46-52,45-48-39-35-34-36-40-48)50(54)56-44-38-33-31-29-27-25-23-21-19-17-15-13-11-9-7-5-2/h34-36,39-40,47,52H,4-33,37-38,41-46H2,1-3H3. The molecule has 0 heterocycles. The molecule has 5 nitrogen and oxygen atoms in total. The number of aliphatic hydroxyl groups excluding tert-OH is 1. The maximum Gasteiger partial charge on any atom is 0.323 e. The minimum absolute atomic E-state index is 0.0178. The third kappa shape index (κ3) is 28.5. The van der Waals surface area contributed by atoms with Crippen LogP contribution < -0.4 is 0 Å². The number of unbranched alkanes of at least 4 members (excludes halogenated alkanes) is 30. The van der Waals surface area contributed by atoms with Gasteiger partial charge in [0.25, 0.3) is 0 Å². The highest BCUT2D eigenvalue weighted by atomic mass is 16.6. The lowest BCUT2D eigenvalue weighted by Crippen LogP contribution is -2.44. The fraction of sp³-hybridized carbons (Fsp3) is 0.843. The van der Waals surface area contributed by atoms with Gasteiger partial charge in [0.1, 0.15) is 0 Å². The highest BCUT2D eigenvalue weighted by molar-refractivity contribution is 6.00. The summed E-state index contributed by atoms with van der Waals surface area (Å²) in [7, 11) is 0. The molecular weight excluding hydrogens is 693 g/mol. The van der Waals surface area contributed by atoms with Gasteiger partial charge in [-0.25, -0.2) is 0 Å². The molecule has 5 heteroatoms. The number of ether oxygens (including phenoxy) is 2. The molecule has 0 aliphatic heterocycles. The van der Waals surface area contributed by atoms with E-state index in [9.17, 15) is 14.7 Å². The van der Waals surface area contributed by atoms with Gasteiger partial charge in [0.05, 0.1) is 13.2 Å². The number of carbonyl (C=O) groups excluding carboxylic acids is 2. The second-order valence-corrected chi connectivity index (χ2v) is 17.4. The molecule has 0 aromatic heterocycles. The van der Waals surface area contributed by atoms with Gasteiger partial charge in [-0.2, -0.15) is 0 Å². The molecule has 0 amide bonds. The van der Waals surface area contributed by atoms with Crippen molar-refractivity contribution in [2.24, 2.45) is 11.3 Å². The summed E-state index contributed by atoms with van der Waals surface area (Å²) in [5.74, 6) is -0.958. The summed E-state index contributed by atoms with van der Waals surface area (Å²) in [5, 5.41) is 9.80. The minimum atomic E-state index is -1.41. The number of benzene rings is 1. The highest BCUT2D eigenvalue weighted by Gasteiger charge is 2.48. The fourth-order valence-electron chi connectivity index (χ4n) is 7.95. The van der Waals surface area contributed by atoms with Crippen LogP contribution in [0.15, 0.2) is 30.3 Å². The first-order valence-corrected chi connectivity index (χ1v) is 24.5. The molecule has 0 aliphatic carbocycles. The van der Waals surface area contributed by atoms with Crippen molar-refractivity contribution in [3.63, 3.8) is 0 Å². The van der Waals surface area contributed by atoms with Crippen LogP contribution in [0, 0.1) is 11.3 Å². The Balaban J connectivity index is 2.42. The minimum Gasteiger partial charge on any atom is -0.465 e. The molecular formula is C51H92O5. The van der Waals surface area contributed by atoms with E-state index in [0.29, 0.717) is 26.1 Å². The van der Waals surface area contributed by atoms with E-state index in [1.54, 1.807) is 0 Å². The number of aliphatic hydroxyl groups is 1. The molecule has 1 rings (SSSR count). The van der Waals surface area contributed by atoms with Crippen molar-refractivity contribution in [1.29, 1.82) is 0 Å². The summed E-state index contributed by atoms with van der Waals surface area (Å²) < 4.78 is 11.8. The Kier molecular flexibility index (Phi) is 36.0. The Hall–Kier alpha value is -1.88. The molecule has 56 heavy (non-hydrogen) atoms. The normalized spacial score (nSPS) is 12.2. The van der Waals surface area contributed by atoms with Crippen LogP contribution >= 0.6 is 0 Å². The van der Waals surface area contributed by atoms with Crippen molar-refractivity contribution in [1.82, 2.24) is 0 Å². The number of hydrogen-bond donors (Lipinski definition) is 1. The molecule has 0 fully saturated rings. The lowest BCUT2D eigenvalue weighted by Gasteiger charge is -2.30. The van der Waals surface area contributed by atoms with E-state index in [-0.39, 0.29) is 18.9 Å². The average molecular weight is 785 g/mol. The maximum atomic E-state index is 14.0. The van der Waals surface area contributed by atoms with Gasteiger partial charge >= 0.3 is 11.9 Å². The number of esters is 2. The predicted molar refractivity (Wildman–Crippen MR) is 239 cm³/mol. The Morgan fingerprint density at radius 3 is 1.11 bits per heavy atom. The lowest BCUT2D eigenvalue weighted by atomic mass is 9.76. The SMILES string of the molecule is CCCCCCCCCCCCCCCCCCOC(=O)C(CCC(C)CO)(Cc1ccccc1)C(=O)OCCCCCCCCCCCCCCCCCC. The quantitative estimate of drug-likeness (QED) is 0.0406. The van der Waals surface area contributed by atoms with E-state index in [1.807, 2.05) is 37.3 Å². The Bertz CT molecular complexity index is 943. The van der Waals surface area contributed by atoms with Gasteiger partial charge in [0, 0.05) is 6.61 Å². The van der Waals surface area contributed by atoms with Crippen LogP contribution in [-0.4, -0.2) is 36.9 Å². The molecule has 0 saturated heterocycles. The molecule has 0 aliphatic rings. The predicted octanol–water partition coefficient (Wildman–Crippen LogP) is 15.2. The Morgan fingerprint density at radius 2 is 0.804 bits per heavy atom. The Labute approximate surface area is 347 Å². The number of rotatable bonds is 42. The fourth-order valence-corrected chi connectivity index (χ4v) is 7.95. The smallest absolute Gasteiger partial charge is 0.323 e. The third-order valence-corrected chi connectivity index (χ3v) is 12.0. The summed E-state index contributed by atoms with van der Waals surface area (Å²) in [5.41, 5.74) is -0.489. The van der Waals surface area contributed by atoms with Crippen LogP contribution in [0.1, 0.15) is 245 Å². The zero-order valence-electron chi connectivity index (χ0n) is 37.4. The Morgan fingerprint density at radius 1 is 0.500 bits per heavy atom. The van der Waals surface area contributed by atoms with Gasteiger partial charge in [-0.15, -0.1) is 0 Å². The molecule has 1 N–H and O–H groups in total. The van der Waals surface area contributed by atoms with Crippen molar-refractivity contribution in [3.05, 3.63) is 35.9 Å². The molecule has 0 spiro atoms. The van der Waals surface area contributed by atoms with Crippen LogP contribution in [0.25, 0.3) is 0 Å². The van der Waals surface area contributed by atoms with Crippen molar-refractivity contribution >= 4 is 11.9 Å². The van der Waals surface area contributed by atoms with E-state index in [4.69, 9.17) is 9.47 Å². The summed E-state index contributed by atoms with van der Waals surface area (Å²) in [6.07, 6.45) is 42.5. The van der Waals surface area contributed by atoms with E-state index >= 15 is 0 Å². The van der Waals surface area contributed by atoms with Gasteiger partial charge in [0.15, 0.2) is 5.41 Å². The van der Waals surface area contributed by atoms with E-state index in [1.165, 1.54) is 167 Å². The molecule has 326 valence electrons. The van der Waals surface area contributed by atoms with E-state index in [0.717, 1.165) is 44.1 Å².